The summed E-state index contributed by atoms with van der Waals surface area (Å²) in [6.45, 7) is 3.89. The maximum absolute atomic E-state index is 14.3. The number of nitrogens with one attached hydrogen (secondary N) is 2. The molecular weight excluding hydrogens is 528 g/mol. The smallest absolute Gasteiger partial charge is 0.264 e. The van der Waals surface area contributed by atoms with Crippen LogP contribution < -0.4 is 19.5 Å². The Balaban J connectivity index is 1.38. The molecule has 0 unspecified atom stereocenters. The van der Waals surface area contributed by atoms with Gasteiger partial charge in [0, 0.05) is 47.4 Å². The van der Waals surface area contributed by atoms with E-state index in [1.807, 2.05) is 19.1 Å². The summed E-state index contributed by atoms with van der Waals surface area (Å²) >= 11 is 0. The molecule has 4 aromatic rings. The number of ether oxygens (including phenoxy) is 2. The van der Waals surface area contributed by atoms with Crippen molar-refractivity contribution < 1.29 is 26.7 Å². The maximum atomic E-state index is 14.3. The molecule has 2 fully saturated rings. The van der Waals surface area contributed by atoms with Crippen LogP contribution in [0.5, 0.6) is 11.6 Å². The predicted octanol–water partition coefficient (Wildman–Crippen LogP) is 4.22. The number of sulfonamides is 1. The molecule has 0 radical (unpaired) electrons. The van der Waals surface area contributed by atoms with E-state index in [1.54, 1.807) is 0 Å². The second kappa shape index (κ2) is 9.38. The molecule has 6 rings (SSSR count). The highest BCUT2D eigenvalue weighted by Gasteiger charge is 2.49. The number of fused-ring (bicyclic) bond motifs is 1. The monoisotopic (exact) mass is 553 g/mol. The third-order valence-corrected chi connectivity index (χ3v) is 8.72. The molecule has 1 saturated heterocycles. The summed E-state index contributed by atoms with van der Waals surface area (Å²) < 4.78 is 67.5. The van der Waals surface area contributed by atoms with Crippen molar-refractivity contribution in [1.82, 2.24) is 20.3 Å². The average molecular weight is 554 g/mol. The van der Waals surface area contributed by atoms with E-state index in [1.165, 1.54) is 25.7 Å². The Kier molecular flexibility index (Phi) is 6.11. The molecule has 1 spiro atoms. The lowest BCUT2D eigenvalue weighted by molar-refractivity contribution is -0.0489. The van der Waals surface area contributed by atoms with Crippen LogP contribution in [0.15, 0.2) is 53.8 Å². The minimum Gasteiger partial charge on any atom is -0.488 e. The van der Waals surface area contributed by atoms with Gasteiger partial charge < -0.3 is 14.8 Å². The third-order valence-electron chi connectivity index (χ3n) is 7.32. The van der Waals surface area contributed by atoms with Gasteiger partial charge in [0.05, 0.1) is 7.11 Å². The van der Waals surface area contributed by atoms with Crippen LogP contribution in [-0.2, 0) is 10.0 Å². The fraction of sp³-hybridized carbons (Fsp3) is 0.296. The number of pyridine rings is 1. The van der Waals surface area contributed by atoms with E-state index in [-0.39, 0.29) is 17.7 Å². The minimum atomic E-state index is -4.42. The Morgan fingerprint density at radius 3 is 2.54 bits per heavy atom. The summed E-state index contributed by atoms with van der Waals surface area (Å²) in [7, 11) is -3.09. The zero-order valence-electron chi connectivity index (χ0n) is 21.2. The van der Waals surface area contributed by atoms with Crippen LogP contribution in [-0.4, -0.2) is 49.7 Å². The van der Waals surface area contributed by atoms with E-state index < -0.39 is 26.6 Å². The molecule has 1 saturated carbocycles. The minimum absolute atomic E-state index is 0.0132. The van der Waals surface area contributed by atoms with Gasteiger partial charge in [0.1, 0.15) is 45.9 Å². The van der Waals surface area contributed by atoms with Crippen molar-refractivity contribution in [2.45, 2.75) is 30.8 Å². The van der Waals surface area contributed by atoms with Gasteiger partial charge in [-0.05, 0) is 55.7 Å². The van der Waals surface area contributed by atoms with E-state index in [9.17, 15) is 17.2 Å². The normalized spacial score (nSPS) is 16.5. The molecule has 2 N–H and O–H groups in total. The molecule has 2 aliphatic rings. The fourth-order valence-corrected chi connectivity index (χ4v) is 6.30. The third kappa shape index (κ3) is 4.63. The Morgan fingerprint density at radius 2 is 1.85 bits per heavy atom. The first kappa shape index (κ1) is 25.4. The molecule has 9 nitrogen and oxygen atoms in total. The van der Waals surface area contributed by atoms with Gasteiger partial charge in [0.15, 0.2) is 0 Å². The first-order chi connectivity index (χ1) is 18.7. The molecule has 1 aliphatic heterocycles. The van der Waals surface area contributed by atoms with Crippen molar-refractivity contribution in [3.63, 3.8) is 0 Å². The summed E-state index contributed by atoms with van der Waals surface area (Å²) in [5.41, 5.74) is 3.01. The SMILES string of the molecule is COc1ncc(-c2cc(OC3CC4(CNC4)C3)c3ncnc(C)c3c2)cc1NS(=O)(=O)c1ccc(F)cc1F. The summed E-state index contributed by atoms with van der Waals surface area (Å²) in [6, 6.07) is 7.50. The second-order valence-corrected chi connectivity index (χ2v) is 11.7. The number of hydrogen-bond donors (Lipinski definition) is 2. The Morgan fingerprint density at radius 1 is 1.05 bits per heavy atom. The zero-order valence-corrected chi connectivity index (χ0v) is 22.0. The summed E-state index contributed by atoms with van der Waals surface area (Å²) in [4.78, 5) is 12.3. The number of nitrogens with zero attached hydrogens (tertiary/aromatic N) is 3. The summed E-state index contributed by atoms with van der Waals surface area (Å²) in [6.07, 6.45) is 5.04. The van der Waals surface area contributed by atoms with Crippen molar-refractivity contribution in [1.29, 1.82) is 0 Å². The van der Waals surface area contributed by atoms with Crippen LogP contribution in [0.2, 0.25) is 0 Å². The molecule has 2 aromatic carbocycles. The number of rotatable bonds is 7. The van der Waals surface area contributed by atoms with Crippen molar-refractivity contribution in [3.05, 3.63) is 66.3 Å². The summed E-state index contributed by atoms with van der Waals surface area (Å²) in [5, 5.41) is 4.11. The van der Waals surface area contributed by atoms with Crippen LogP contribution in [0, 0.1) is 24.0 Å². The second-order valence-electron chi connectivity index (χ2n) is 10.0. The van der Waals surface area contributed by atoms with Crippen molar-refractivity contribution in [2.24, 2.45) is 5.41 Å². The van der Waals surface area contributed by atoms with Gasteiger partial charge in [0.25, 0.3) is 10.0 Å². The van der Waals surface area contributed by atoms with E-state index in [2.05, 4.69) is 25.0 Å². The van der Waals surface area contributed by atoms with Gasteiger partial charge in [-0.2, -0.15) is 0 Å². The molecule has 39 heavy (non-hydrogen) atoms. The average Bonchev–Trinajstić information content (AvgIpc) is 2.84. The van der Waals surface area contributed by atoms with Crippen molar-refractivity contribution >= 4 is 26.6 Å². The van der Waals surface area contributed by atoms with Crippen LogP contribution in [0.3, 0.4) is 0 Å². The van der Waals surface area contributed by atoms with Crippen LogP contribution in [0.1, 0.15) is 18.5 Å². The first-order valence-electron chi connectivity index (χ1n) is 12.3. The van der Waals surface area contributed by atoms with E-state index in [0.717, 1.165) is 49.1 Å². The highest BCUT2D eigenvalue weighted by Crippen LogP contribution is 2.47. The fourth-order valence-electron chi connectivity index (χ4n) is 5.19. The molecule has 0 bridgehead atoms. The van der Waals surface area contributed by atoms with Crippen LogP contribution in [0.25, 0.3) is 22.0 Å². The number of anilines is 1. The number of halogens is 2. The number of benzene rings is 2. The quantitative estimate of drug-likeness (QED) is 0.350. The Labute approximate surface area is 223 Å². The highest BCUT2D eigenvalue weighted by molar-refractivity contribution is 7.92. The molecule has 1 aliphatic carbocycles. The molecule has 2 aromatic heterocycles. The van der Waals surface area contributed by atoms with Gasteiger partial charge in [-0.15, -0.1) is 0 Å². The number of aromatic nitrogens is 3. The Bertz CT molecular complexity index is 1700. The molecular formula is C27H25F2N5O4S. The maximum Gasteiger partial charge on any atom is 0.264 e. The lowest BCUT2D eigenvalue weighted by Crippen LogP contribution is -2.62. The first-order valence-corrected chi connectivity index (χ1v) is 13.8. The molecule has 12 heteroatoms. The van der Waals surface area contributed by atoms with Crippen LogP contribution in [0.4, 0.5) is 14.5 Å². The van der Waals surface area contributed by atoms with Gasteiger partial charge in [-0.3, -0.25) is 4.72 Å². The molecule has 3 heterocycles. The molecule has 0 atom stereocenters. The lowest BCUT2D eigenvalue weighted by atomic mass is 9.63. The zero-order chi connectivity index (χ0) is 27.4. The lowest BCUT2D eigenvalue weighted by Gasteiger charge is -2.53. The van der Waals surface area contributed by atoms with E-state index in [0.29, 0.717) is 33.9 Å². The molecule has 0 amide bonds. The van der Waals surface area contributed by atoms with Gasteiger partial charge in [-0.1, -0.05) is 0 Å². The standard InChI is InChI=1S/C27H25F2N5O4S/c1-15-20-5-16(7-23(25(20)33-14-32-15)38-19-9-27(10-19)12-30-13-27)17-6-22(26(37-2)31-11-17)34-39(35,36)24-4-3-18(28)8-21(24)29/h3-8,11,14,19,30,34H,9-10,12-13H2,1-2H3. The largest absolute Gasteiger partial charge is 0.488 e. The van der Waals surface area contributed by atoms with Crippen LogP contribution >= 0.6 is 0 Å². The van der Waals surface area contributed by atoms with Gasteiger partial charge in [-0.25, -0.2) is 32.2 Å². The number of aryl methyl sites for hydroxylation is 1. The Hall–Kier alpha value is -3.90. The predicted molar refractivity (Wildman–Crippen MR) is 140 cm³/mol. The number of hydrogen-bond acceptors (Lipinski definition) is 8. The van der Waals surface area contributed by atoms with Gasteiger partial charge >= 0.3 is 0 Å². The highest BCUT2D eigenvalue weighted by atomic mass is 32.2. The van der Waals surface area contributed by atoms with E-state index >= 15 is 0 Å². The number of methoxy groups -OCH3 is 1. The van der Waals surface area contributed by atoms with Crippen molar-refractivity contribution in [2.75, 3.05) is 24.9 Å². The summed E-state index contributed by atoms with van der Waals surface area (Å²) in [5.74, 6) is -1.52. The topological polar surface area (TPSA) is 115 Å². The van der Waals surface area contributed by atoms with E-state index in [4.69, 9.17) is 9.47 Å². The molecule has 202 valence electrons. The van der Waals surface area contributed by atoms with Crippen molar-refractivity contribution in [3.8, 4) is 22.8 Å². The van der Waals surface area contributed by atoms with Gasteiger partial charge in [0.2, 0.25) is 5.88 Å².